The number of ether oxygens (including phenoxy) is 1. The smallest absolute Gasteiger partial charge is 0.246 e. The zero-order chi connectivity index (χ0) is 19.4. The zero-order valence-electron chi connectivity index (χ0n) is 14.8. The maximum Gasteiger partial charge on any atom is 0.246 e. The van der Waals surface area contributed by atoms with Crippen molar-refractivity contribution in [2.24, 2.45) is 0 Å². The van der Waals surface area contributed by atoms with Crippen LogP contribution in [0.3, 0.4) is 0 Å². The van der Waals surface area contributed by atoms with Gasteiger partial charge in [-0.05, 0) is 35.9 Å². The van der Waals surface area contributed by atoms with Crippen molar-refractivity contribution in [2.75, 3.05) is 25.1 Å². The van der Waals surface area contributed by atoms with E-state index in [4.69, 9.17) is 16.3 Å². The van der Waals surface area contributed by atoms with Gasteiger partial charge in [0, 0.05) is 30.3 Å². The number of carbonyl (C=O) groups excluding carboxylic acids is 2. The number of rotatable bonds is 4. The van der Waals surface area contributed by atoms with Crippen LogP contribution in [0.5, 0.6) is 0 Å². The molecule has 2 heterocycles. The molecular weight excluding hydrogens is 368 g/mol. The predicted octanol–water partition coefficient (Wildman–Crippen LogP) is 2.84. The second kappa shape index (κ2) is 8.28. The van der Waals surface area contributed by atoms with E-state index in [1.807, 2.05) is 6.07 Å². The van der Waals surface area contributed by atoms with Gasteiger partial charge >= 0.3 is 0 Å². The minimum Gasteiger partial charge on any atom is -0.377 e. The average molecular weight is 387 g/mol. The fraction of sp³-hybridized carbons (Fsp3) is 0.263. The van der Waals surface area contributed by atoms with Crippen LogP contribution >= 0.6 is 11.6 Å². The molecule has 3 rings (SSSR count). The molecule has 1 N–H and O–H groups in total. The lowest BCUT2D eigenvalue weighted by Crippen LogP contribution is -2.42. The highest BCUT2D eigenvalue weighted by atomic mass is 35.5. The number of benzene rings is 1. The van der Waals surface area contributed by atoms with Gasteiger partial charge in [-0.15, -0.1) is 0 Å². The lowest BCUT2D eigenvalue weighted by Gasteiger charge is -2.35. The number of nitrogens with one attached hydrogen (secondary N) is 1. The van der Waals surface area contributed by atoms with Crippen LogP contribution in [-0.4, -0.2) is 46.4 Å². The summed E-state index contributed by atoms with van der Waals surface area (Å²) in [6.07, 6.45) is 2.86. The molecular formula is C19H19ClN4O3. The topological polar surface area (TPSA) is 84.4 Å². The van der Waals surface area contributed by atoms with E-state index < -0.39 is 0 Å². The molecule has 1 aliphatic heterocycles. The molecule has 0 unspecified atom stereocenters. The van der Waals surface area contributed by atoms with E-state index in [1.165, 1.54) is 13.0 Å². The van der Waals surface area contributed by atoms with Gasteiger partial charge in [0.05, 0.1) is 19.3 Å². The van der Waals surface area contributed by atoms with E-state index in [0.717, 1.165) is 5.56 Å². The van der Waals surface area contributed by atoms with Crippen LogP contribution in [0, 0.1) is 0 Å². The fourth-order valence-electron chi connectivity index (χ4n) is 2.94. The molecule has 0 aliphatic carbocycles. The van der Waals surface area contributed by atoms with Gasteiger partial charge in [-0.3, -0.25) is 9.59 Å². The normalized spacial score (nSPS) is 16.7. The summed E-state index contributed by atoms with van der Waals surface area (Å²) in [7, 11) is 0. The summed E-state index contributed by atoms with van der Waals surface area (Å²) in [4.78, 5) is 33.8. The van der Waals surface area contributed by atoms with E-state index in [-0.39, 0.29) is 17.9 Å². The molecule has 2 amide bonds. The summed E-state index contributed by atoms with van der Waals surface area (Å²) in [6, 6.07) is 6.74. The Kier molecular flexibility index (Phi) is 5.83. The van der Waals surface area contributed by atoms with Gasteiger partial charge in [0.2, 0.25) is 11.8 Å². The molecule has 0 saturated carbocycles. The molecule has 1 saturated heterocycles. The molecule has 1 aromatic carbocycles. The summed E-state index contributed by atoms with van der Waals surface area (Å²) in [5, 5.41) is 3.12. The van der Waals surface area contributed by atoms with Gasteiger partial charge in [0.25, 0.3) is 0 Å². The predicted molar refractivity (Wildman–Crippen MR) is 102 cm³/mol. The second-order valence-electron chi connectivity index (χ2n) is 6.05. The van der Waals surface area contributed by atoms with Crippen LogP contribution in [0.15, 0.2) is 43.1 Å². The van der Waals surface area contributed by atoms with E-state index in [0.29, 0.717) is 42.0 Å². The van der Waals surface area contributed by atoms with Crippen molar-refractivity contribution in [3.05, 3.63) is 53.7 Å². The van der Waals surface area contributed by atoms with Crippen LogP contribution in [0.2, 0.25) is 5.02 Å². The molecule has 0 bridgehead atoms. The minimum atomic E-state index is -0.278. The van der Waals surface area contributed by atoms with Gasteiger partial charge < -0.3 is 15.0 Å². The van der Waals surface area contributed by atoms with Crippen molar-refractivity contribution in [1.82, 2.24) is 14.9 Å². The lowest BCUT2D eigenvalue weighted by molar-refractivity contribution is -0.134. The fourth-order valence-corrected chi connectivity index (χ4v) is 3.19. The summed E-state index contributed by atoms with van der Waals surface area (Å²) < 4.78 is 5.56. The first-order chi connectivity index (χ1) is 13.0. The number of carbonyl (C=O) groups is 2. The number of morpholine rings is 1. The van der Waals surface area contributed by atoms with Crippen molar-refractivity contribution in [3.63, 3.8) is 0 Å². The molecule has 2 aromatic rings. The van der Waals surface area contributed by atoms with E-state index in [1.54, 1.807) is 29.3 Å². The third kappa shape index (κ3) is 4.50. The Labute approximate surface area is 162 Å². The Morgan fingerprint density at radius 3 is 2.96 bits per heavy atom. The molecule has 0 radical (unpaired) electrons. The standard InChI is InChI=1S/C19H19ClN4O3/c1-3-18(26)24-6-7-27-11-16(24)13-8-14(10-15(20)9-13)19-21-5-4-17(23-19)22-12(2)25/h3-5,8-10,16H,1,6-7,11H2,2H3,(H,21,22,23,25)/t16-/m0/s1. The molecule has 140 valence electrons. The Hall–Kier alpha value is -2.77. The zero-order valence-corrected chi connectivity index (χ0v) is 15.6. The highest BCUT2D eigenvalue weighted by Gasteiger charge is 2.28. The van der Waals surface area contributed by atoms with Crippen molar-refractivity contribution in [3.8, 4) is 11.4 Å². The summed E-state index contributed by atoms with van der Waals surface area (Å²) >= 11 is 6.31. The number of nitrogens with zero attached hydrogens (tertiary/aromatic N) is 3. The largest absolute Gasteiger partial charge is 0.377 e. The average Bonchev–Trinajstić information content (AvgIpc) is 2.66. The molecule has 1 aliphatic rings. The number of hydrogen-bond acceptors (Lipinski definition) is 5. The van der Waals surface area contributed by atoms with Crippen LogP contribution < -0.4 is 5.32 Å². The molecule has 27 heavy (non-hydrogen) atoms. The second-order valence-corrected chi connectivity index (χ2v) is 6.48. The van der Waals surface area contributed by atoms with E-state index >= 15 is 0 Å². The first-order valence-electron chi connectivity index (χ1n) is 8.40. The number of amides is 2. The maximum atomic E-state index is 12.2. The first kappa shape index (κ1) is 19.0. The third-order valence-electron chi connectivity index (χ3n) is 4.11. The monoisotopic (exact) mass is 386 g/mol. The Morgan fingerprint density at radius 2 is 2.22 bits per heavy atom. The summed E-state index contributed by atoms with van der Waals surface area (Å²) in [5.41, 5.74) is 1.50. The number of anilines is 1. The maximum absolute atomic E-state index is 12.2. The summed E-state index contributed by atoms with van der Waals surface area (Å²) in [6.45, 7) is 6.30. The van der Waals surface area contributed by atoms with Crippen LogP contribution in [-0.2, 0) is 14.3 Å². The minimum absolute atomic E-state index is 0.159. The molecule has 1 aromatic heterocycles. The van der Waals surface area contributed by atoms with Crippen LogP contribution in [0.4, 0.5) is 5.82 Å². The molecule has 8 heteroatoms. The highest BCUT2D eigenvalue weighted by molar-refractivity contribution is 6.31. The van der Waals surface area contributed by atoms with Crippen LogP contribution in [0.25, 0.3) is 11.4 Å². The van der Waals surface area contributed by atoms with E-state index in [2.05, 4.69) is 21.9 Å². The first-order valence-corrected chi connectivity index (χ1v) is 8.78. The number of hydrogen-bond donors (Lipinski definition) is 1. The molecule has 1 fully saturated rings. The van der Waals surface area contributed by atoms with Gasteiger partial charge in [0.15, 0.2) is 5.82 Å². The molecule has 0 spiro atoms. The van der Waals surface area contributed by atoms with Crippen molar-refractivity contribution >= 4 is 29.2 Å². The summed E-state index contributed by atoms with van der Waals surface area (Å²) in [5.74, 6) is 0.444. The lowest BCUT2D eigenvalue weighted by atomic mass is 10.0. The van der Waals surface area contributed by atoms with Gasteiger partial charge in [-0.25, -0.2) is 9.97 Å². The Balaban J connectivity index is 1.98. The third-order valence-corrected chi connectivity index (χ3v) is 4.33. The Morgan fingerprint density at radius 1 is 1.41 bits per heavy atom. The number of halogens is 1. The SMILES string of the molecule is C=CC(=O)N1CCOC[C@H]1c1cc(Cl)cc(-c2nccc(NC(C)=O)n2)c1. The quantitative estimate of drug-likeness (QED) is 0.817. The van der Waals surface area contributed by atoms with Crippen molar-refractivity contribution < 1.29 is 14.3 Å². The van der Waals surface area contributed by atoms with E-state index in [9.17, 15) is 9.59 Å². The number of aromatic nitrogens is 2. The molecule has 7 nitrogen and oxygen atoms in total. The highest BCUT2D eigenvalue weighted by Crippen LogP contribution is 2.31. The van der Waals surface area contributed by atoms with Crippen LogP contribution in [0.1, 0.15) is 18.5 Å². The van der Waals surface area contributed by atoms with Gasteiger partial charge in [0.1, 0.15) is 5.82 Å². The van der Waals surface area contributed by atoms with Crippen molar-refractivity contribution in [2.45, 2.75) is 13.0 Å². The van der Waals surface area contributed by atoms with Gasteiger partial charge in [-0.2, -0.15) is 0 Å². The Bertz CT molecular complexity index is 887. The molecule has 1 atom stereocenters. The van der Waals surface area contributed by atoms with Gasteiger partial charge in [-0.1, -0.05) is 18.2 Å². The van der Waals surface area contributed by atoms with Crippen molar-refractivity contribution in [1.29, 1.82) is 0 Å².